The number of hydrogen-bond acceptors (Lipinski definition) is 4. The van der Waals surface area contributed by atoms with Gasteiger partial charge in [0.25, 0.3) is 0 Å². The minimum absolute atomic E-state index is 0.512. The van der Waals surface area contributed by atoms with Crippen molar-refractivity contribution in [2.75, 3.05) is 13.2 Å². The van der Waals surface area contributed by atoms with E-state index in [2.05, 4.69) is 55.4 Å². The van der Waals surface area contributed by atoms with Crippen molar-refractivity contribution in [3.63, 3.8) is 0 Å². The molecule has 0 radical (unpaired) electrons. The number of rotatable bonds is 0. The summed E-state index contributed by atoms with van der Waals surface area (Å²) in [6, 6.07) is 0. The molecule has 15 heavy (non-hydrogen) atoms. The van der Waals surface area contributed by atoms with Gasteiger partial charge in [0.2, 0.25) is 0 Å². The van der Waals surface area contributed by atoms with Gasteiger partial charge in [-0.25, -0.2) is 0 Å². The van der Waals surface area contributed by atoms with Crippen LogP contribution in [0.25, 0.3) is 0 Å². The first-order valence-corrected chi connectivity index (χ1v) is 6.88. The molecule has 6 heteroatoms. The second-order valence-electron chi connectivity index (χ2n) is 3.59. The third kappa shape index (κ3) is 1.52. The Kier molecular flexibility index (Phi) is 2.65. The van der Waals surface area contributed by atoms with Gasteiger partial charge < -0.3 is 9.47 Å². The molecule has 0 atom stereocenters. The molecule has 1 aliphatic heterocycles. The monoisotopic (exact) mass is 430 g/mol. The van der Waals surface area contributed by atoms with Crippen LogP contribution in [0.4, 0.5) is 0 Å². The lowest BCUT2D eigenvalue weighted by atomic mass is 10.1. The number of ether oxygens (including phenoxy) is 2. The second kappa shape index (κ2) is 3.74. The zero-order valence-corrected chi connectivity index (χ0v) is 12.1. The predicted octanol–water partition coefficient (Wildman–Crippen LogP) is 1.83. The SMILES string of the molecule is Ic1nnc(I)c2c1CCC21OCCO1. The van der Waals surface area contributed by atoms with Gasteiger partial charge in [0.05, 0.1) is 18.8 Å². The Morgan fingerprint density at radius 3 is 2.47 bits per heavy atom. The highest BCUT2D eigenvalue weighted by Gasteiger charge is 2.47. The molecule has 0 saturated carbocycles. The molecule has 1 saturated heterocycles. The molecule has 3 rings (SSSR count). The summed E-state index contributed by atoms with van der Waals surface area (Å²) in [5, 5.41) is 8.26. The lowest BCUT2D eigenvalue weighted by Crippen LogP contribution is -2.25. The third-order valence-electron chi connectivity index (χ3n) is 2.82. The summed E-state index contributed by atoms with van der Waals surface area (Å²) in [4.78, 5) is 0. The van der Waals surface area contributed by atoms with Crippen LogP contribution in [0.3, 0.4) is 0 Å². The Hall–Kier alpha value is 0.460. The number of hydrogen-bond donors (Lipinski definition) is 0. The fourth-order valence-electron chi connectivity index (χ4n) is 2.20. The van der Waals surface area contributed by atoms with Crippen molar-refractivity contribution < 1.29 is 9.47 Å². The van der Waals surface area contributed by atoms with Gasteiger partial charge in [-0.15, -0.1) is 10.2 Å². The van der Waals surface area contributed by atoms with E-state index < -0.39 is 5.79 Å². The molecule has 0 aromatic carbocycles. The van der Waals surface area contributed by atoms with Crippen molar-refractivity contribution in [1.29, 1.82) is 0 Å². The molecule has 1 aliphatic carbocycles. The number of halogens is 2. The Morgan fingerprint density at radius 1 is 1.07 bits per heavy atom. The van der Waals surface area contributed by atoms with E-state index >= 15 is 0 Å². The molecule has 4 nitrogen and oxygen atoms in total. The molecule has 0 N–H and O–H groups in total. The van der Waals surface area contributed by atoms with Crippen LogP contribution in [-0.4, -0.2) is 23.4 Å². The lowest BCUT2D eigenvalue weighted by molar-refractivity contribution is -0.163. The number of aromatic nitrogens is 2. The van der Waals surface area contributed by atoms with E-state index in [1.807, 2.05) is 0 Å². The Morgan fingerprint density at radius 2 is 1.73 bits per heavy atom. The quantitative estimate of drug-likeness (QED) is 0.590. The van der Waals surface area contributed by atoms with Crippen LogP contribution in [0.1, 0.15) is 17.5 Å². The molecule has 1 spiro atoms. The summed E-state index contributed by atoms with van der Waals surface area (Å²) in [5.41, 5.74) is 2.36. The molecule has 1 fully saturated rings. The molecule has 1 aromatic heterocycles. The molecule has 0 bridgehead atoms. The van der Waals surface area contributed by atoms with E-state index in [-0.39, 0.29) is 0 Å². The van der Waals surface area contributed by atoms with Gasteiger partial charge in [-0.05, 0) is 57.2 Å². The highest BCUT2D eigenvalue weighted by molar-refractivity contribution is 14.1. The average molecular weight is 430 g/mol. The maximum atomic E-state index is 5.77. The normalized spacial score (nSPS) is 22.3. The summed E-state index contributed by atoms with van der Waals surface area (Å²) in [6.45, 7) is 1.35. The van der Waals surface area contributed by atoms with Crippen LogP contribution in [0, 0.1) is 7.40 Å². The zero-order chi connectivity index (χ0) is 10.5. The second-order valence-corrected chi connectivity index (χ2v) is 5.63. The van der Waals surface area contributed by atoms with Gasteiger partial charge >= 0.3 is 0 Å². The van der Waals surface area contributed by atoms with Crippen molar-refractivity contribution >= 4 is 45.2 Å². The van der Waals surface area contributed by atoms with E-state index in [0.717, 1.165) is 25.8 Å². The molecule has 2 heterocycles. The summed E-state index contributed by atoms with van der Waals surface area (Å²) in [5.74, 6) is -0.512. The zero-order valence-electron chi connectivity index (χ0n) is 7.80. The first-order valence-electron chi connectivity index (χ1n) is 4.72. The van der Waals surface area contributed by atoms with E-state index in [9.17, 15) is 0 Å². The molecular formula is C9H8I2N2O2. The highest BCUT2D eigenvalue weighted by Crippen LogP contribution is 2.45. The number of fused-ring (bicyclic) bond motifs is 2. The van der Waals surface area contributed by atoms with Crippen molar-refractivity contribution in [3.05, 3.63) is 18.5 Å². The van der Waals surface area contributed by atoms with Crippen LogP contribution >= 0.6 is 45.2 Å². The minimum Gasteiger partial charge on any atom is -0.343 e. The first kappa shape index (κ1) is 10.6. The summed E-state index contributed by atoms with van der Waals surface area (Å²) in [7, 11) is 0. The topological polar surface area (TPSA) is 44.2 Å². The lowest BCUT2D eigenvalue weighted by Gasteiger charge is -2.23. The standard InChI is InChI=1S/C9H8I2N2O2/c10-7-5-1-2-9(14-3-4-15-9)6(5)8(11)13-12-7/h1-4H2. The average Bonchev–Trinajstić information content (AvgIpc) is 2.83. The van der Waals surface area contributed by atoms with Crippen LogP contribution < -0.4 is 0 Å². The molecule has 2 aliphatic rings. The number of nitrogens with zero attached hydrogens (tertiary/aromatic N) is 2. The Labute approximate surface area is 114 Å². The summed E-state index contributed by atoms with van der Waals surface area (Å²) >= 11 is 4.43. The van der Waals surface area contributed by atoms with Gasteiger partial charge in [-0.1, -0.05) is 0 Å². The van der Waals surface area contributed by atoms with Crippen LogP contribution in [0.15, 0.2) is 0 Å². The van der Waals surface area contributed by atoms with Crippen LogP contribution in [-0.2, 0) is 21.7 Å². The molecule has 0 unspecified atom stereocenters. The first-order chi connectivity index (χ1) is 7.23. The minimum atomic E-state index is -0.512. The maximum absolute atomic E-state index is 5.77. The van der Waals surface area contributed by atoms with Crippen LogP contribution in [0.2, 0.25) is 0 Å². The maximum Gasteiger partial charge on any atom is 0.198 e. The highest BCUT2D eigenvalue weighted by atomic mass is 127. The predicted molar refractivity (Wildman–Crippen MR) is 69.4 cm³/mol. The van der Waals surface area contributed by atoms with Crippen molar-refractivity contribution in [2.45, 2.75) is 18.6 Å². The van der Waals surface area contributed by atoms with Gasteiger partial charge in [0.15, 0.2) is 5.79 Å². The Bertz CT molecular complexity index is 419. The molecule has 1 aromatic rings. The fraction of sp³-hybridized carbons (Fsp3) is 0.556. The van der Waals surface area contributed by atoms with E-state index in [4.69, 9.17) is 9.47 Å². The van der Waals surface area contributed by atoms with Crippen molar-refractivity contribution in [1.82, 2.24) is 10.2 Å². The van der Waals surface area contributed by atoms with Crippen LogP contribution in [0.5, 0.6) is 0 Å². The Balaban J connectivity index is 2.20. The largest absolute Gasteiger partial charge is 0.343 e. The van der Waals surface area contributed by atoms with E-state index in [1.165, 1.54) is 5.56 Å². The smallest absolute Gasteiger partial charge is 0.198 e. The van der Waals surface area contributed by atoms with E-state index in [1.54, 1.807) is 0 Å². The summed E-state index contributed by atoms with van der Waals surface area (Å²) in [6.07, 6.45) is 1.86. The van der Waals surface area contributed by atoms with Gasteiger partial charge in [0.1, 0.15) is 7.40 Å². The van der Waals surface area contributed by atoms with Crippen molar-refractivity contribution in [2.24, 2.45) is 0 Å². The summed E-state index contributed by atoms with van der Waals surface area (Å²) < 4.78 is 13.4. The molecule has 0 amide bonds. The van der Waals surface area contributed by atoms with E-state index in [0.29, 0.717) is 13.2 Å². The molecular weight excluding hydrogens is 422 g/mol. The van der Waals surface area contributed by atoms with Gasteiger partial charge in [-0.3, -0.25) is 0 Å². The third-order valence-corrected chi connectivity index (χ3v) is 4.44. The van der Waals surface area contributed by atoms with Crippen molar-refractivity contribution in [3.8, 4) is 0 Å². The molecule has 80 valence electrons. The van der Waals surface area contributed by atoms with Gasteiger partial charge in [-0.2, -0.15) is 0 Å². The fourth-order valence-corrected chi connectivity index (χ4v) is 3.69. The van der Waals surface area contributed by atoms with Gasteiger partial charge in [0, 0.05) is 6.42 Å².